The number of carbonyl (C=O) groups is 1. The molecule has 1 saturated carbocycles. The van der Waals surface area contributed by atoms with Crippen molar-refractivity contribution in [3.8, 4) is 0 Å². The topological polar surface area (TPSA) is 42.1 Å². The van der Waals surface area contributed by atoms with E-state index >= 15 is 0 Å². The van der Waals surface area contributed by atoms with Gasteiger partial charge < -0.3 is 9.72 Å². The van der Waals surface area contributed by atoms with Crippen molar-refractivity contribution in [3.63, 3.8) is 0 Å². The number of ether oxygens (including phenoxy) is 1. The van der Waals surface area contributed by atoms with Crippen molar-refractivity contribution in [1.82, 2.24) is 4.98 Å². The highest BCUT2D eigenvalue weighted by atomic mass is 16.5. The first-order chi connectivity index (χ1) is 8.79. The lowest BCUT2D eigenvalue weighted by molar-refractivity contribution is 0.0517. The average molecular weight is 247 g/mol. The van der Waals surface area contributed by atoms with Crippen molar-refractivity contribution in [2.45, 2.75) is 45.4 Å². The van der Waals surface area contributed by atoms with E-state index in [0.717, 1.165) is 24.7 Å². The quantitative estimate of drug-likeness (QED) is 0.816. The first-order valence-corrected chi connectivity index (χ1v) is 7.15. The third-order valence-corrected chi connectivity index (χ3v) is 4.57. The highest BCUT2D eigenvalue weighted by Gasteiger charge is 2.33. The third-order valence-electron chi connectivity index (χ3n) is 4.57. The van der Waals surface area contributed by atoms with Gasteiger partial charge >= 0.3 is 5.97 Å². The summed E-state index contributed by atoms with van der Waals surface area (Å²) in [6.45, 7) is 2.29. The fourth-order valence-electron chi connectivity index (χ4n) is 3.66. The number of H-pyrrole nitrogens is 1. The van der Waals surface area contributed by atoms with Gasteiger partial charge in [-0.15, -0.1) is 0 Å². The average Bonchev–Trinajstić information content (AvgIpc) is 2.79. The maximum atomic E-state index is 11.9. The molecule has 1 N–H and O–H groups in total. The minimum absolute atomic E-state index is 0.187. The summed E-state index contributed by atoms with van der Waals surface area (Å²) in [4.78, 5) is 15.0. The van der Waals surface area contributed by atoms with Gasteiger partial charge in [0, 0.05) is 6.20 Å². The summed E-state index contributed by atoms with van der Waals surface area (Å²) >= 11 is 0. The van der Waals surface area contributed by atoms with Gasteiger partial charge in [0.15, 0.2) is 0 Å². The van der Waals surface area contributed by atoms with Gasteiger partial charge in [-0.1, -0.05) is 12.8 Å². The summed E-state index contributed by atoms with van der Waals surface area (Å²) in [5.41, 5.74) is 3.29. The molecule has 18 heavy (non-hydrogen) atoms. The molecule has 0 aromatic carbocycles. The van der Waals surface area contributed by atoms with Crippen molar-refractivity contribution in [1.29, 1.82) is 0 Å². The molecule has 0 radical (unpaired) electrons. The second-order valence-corrected chi connectivity index (χ2v) is 5.60. The van der Waals surface area contributed by atoms with Crippen LogP contribution in [0.1, 0.15) is 54.2 Å². The molecular weight excluding hydrogens is 226 g/mol. The Balaban J connectivity index is 1.85. The molecule has 0 amide bonds. The van der Waals surface area contributed by atoms with Crippen molar-refractivity contribution in [3.05, 3.63) is 23.0 Å². The fraction of sp³-hybridized carbons (Fsp3) is 0.667. The SMILES string of the molecule is CCOC(=O)c1[nH]cc2c1CC1CCCCC1C2. The van der Waals surface area contributed by atoms with Gasteiger partial charge in [0.25, 0.3) is 0 Å². The van der Waals surface area contributed by atoms with Crippen LogP contribution in [0.5, 0.6) is 0 Å². The van der Waals surface area contributed by atoms with Crippen molar-refractivity contribution in [2.75, 3.05) is 6.61 Å². The van der Waals surface area contributed by atoms with E-state index in [1.165, 1.54) is 36.8 Å². The monoisotopic (exact) mass is 247 g/mol. The first kappa shape index (κ1) is 11.8. The molecular formula is C15H21NO2. The van der Waals surface area contributed by atoms with Crippen LogP contribution in [0.3, 0.4) is 0 Å². The zero-order valence-corrected chi connectivity index (χ0v) is 11.0. The van der Waals surface area contributed by atoms with Gasteiger partial charge in [-0.3, -0.25) is 0 Å². The molecule has 1 aromatic rings. The number of rotatable bonds is 2. The van der Waals surface area contributed by atoms with E-state index in [0.29, 0.717) is 12.3 Å². The van der Waals surface area contributed by atoms with E-state index in [4.69, 9.17) is 4.74 Å². The van der Waals surface area contributed by atoms with Crippen molar-refractivity contribution < 1.29 is 9.53 Å². The van der Waals surface area contributed by atoms with Crippen LogP contribution in [0, 0.1) is 11.8 Å². The summed E-state index contributed by atoms with van der Waals surface area (Å²) in [5.74, 6) is 1.44. The number of aromatic nitrogens is 1. The summed E-state index contributed by atoms with van der Waals surface area (Å²) in [6, 6.07) is 0. The first-order valence-electron chi connectivity index (χ1n) is 7.15. The summed E-state index contributed by atoms with van der Waals surface area (Å²) < 4.78 is 5.12. The smallest absolute Gasteiger partial charge is 0.355 e. The summed E-state index contributed by atoms with van der Waals surface area (Å²) in [6.07, 6.45) is 9.67. The highest BCUT2D eigenvalue weighted by molar-refractivity contribution is 5.89. The van der Waals surface area contributed by atoms with Crippen LogP contribution in [0.15, 0.2) is 6.20 Å². The molecule has 3 nitrogen and oxygen atoms in total. The van der Waals surface area contributed by atoms with Crippen LogP contribution < -0.4 is 0 Å². The molecule has 2 aliphatic rings. The van der Waals surface area contributed by atoms with Crippen LogP contribution in [-0.4, -0.2) is 17.6 Å². The van der Waals surface area contributed by atoms with Crippen LogP contribution >= 0.6 is 0 Å². The predicted molar refractivity (Wildman–Crippen MR) is 69.6 cm³/mol. The van der Waals surface area contributed by atoms with E-state index in [2.05, 4.69) is 4.98 Å². The van der Waals surface area contributed by atoms with Gasteiger partial charge in [-0.2, -0.15) is 0 Å². The molecule has 0 aliphatic heterocycles. The Morgan fingerprint density at radius 1 is 1.33 bits per heavy atom. The molecule has 0 spiro atoms. The third kappa shape index (κ3) is 1.96. The molecule has 3 rings (SSSR count). The maximum absolute atomic E-state index is 11.9. The molecule has 3 heteroatoms. The lowest BCUT2D eigenvalue weighted by Gasteiger charge is -2.35. The standard InChI is InChI=1S/C15H21NO2/c1-2-18-15(17)14-13-8-11-6-4-3-5-10(11)7-12(13)9-16-14/h9-11,16H,2-8H2,1H3. The van der Waals surface area contributed by atoms with Gasteiger partial charge in [-0.05, 0) is 55.6 Å². The van der Waals surface area contributed by atoms with Crippen LogP contribution in [0.25, 0.3) is 0 Å². The minimum Gasteiger partial charge on any atom is -0.461 e. The van der Waals surface area contributed by atoms with E-state index in [-0.39, 0.29) is 5.97 Å². The maximum Gasteiger partial charge on any atom is 0.355 e. The molecule has 2 aliphatic carbocycles. The Morgan fingerprint density at radius 2 is 2.06 bits per heavy atom. The molecule has 0 bridgehead atoms. The number of hydrogen-bond donors (Lipinski definition) is 1. The molecule has 2 atom stereocenters. The Morgan fingerprint density at radius 3 is 2.78 bits per heavy atom. The van der Waals surface area contributed by atoms with Crippen LogP contribution in [0.2, 0.25) is 0 Å². The largest absolute Gasteiger partial charge is 0.461 e. The second-order valence-electron chi connectivity index (χ2n) is 5.60. The van der Waals surface area contributed by atoms with E-state index < -0.39 is 0 Å². The molecule has 1 aromatic heterocycles. The summed E-state index contributed by atoms with van der Waals surface area (Å²) in [5, 5.41) is 0. The molecule has 98 valence electrons. The van der Waals surface area contributed by atoms with Gasteiger partial charge in [0.2, 0.25) is 0 Å². The number of fused-ring (bicyclic) bond motifs is 2. The van der Waals surface area contributed by atoms with Gasteiger partial charge in [0.05, 0.1) is 6.61 Å². The number of aromatic amines is 1. The number of esters is 1. The second kappa shape index (κ2) is 4.79. The van der Waals surface area contributed by atoms with E-state index in [1.807, 2.05) is 13.1 Å². The molecule has 1 fully saturated rings. The van der Waals surface area contributed by atoms with E-state index in [9.17, 15) is 4.79 Å². The Bertz CT molecular complexity index is 449. The lowest BCUT2D eigenvalue weighted by atomic mass is 9.69. The molecule has 1 heterocycles. The van der Waals surface area contributed by atoms with E-state index in [1.54, 1.807) is 0 Å². The van der Waals surface area contributed by atoms with Gasteiger partial charge in [0.1, 0.15) is 5.69 Å². The Labute approximate surface area is 108 Å². The minimum atomic E-state index is -0.187. The number of nitrogens with one attached hydrogen (secondary N) is 1. The summed E-state index contributed by atoms with van der Waals surface area (Å²) in [7, 11) is 0. The van der Waals surface area contributed by atoms with Crippen LogP contribution in [0.4, 0.5) is 0 Å². The van der Waals surface area contributed by atoms with Crippen molar-refractivity contribution in [2.24, 2.45) is 11.8 Å². The molecule has 2 unspecified atom stereocenters. The lowest BCUT2D eigenvalue weighted by Crippen LogP contribution is -2.28. The Kier molecular flexibility index (Phi) is 3.14. The predicted octanol–water partition coefficient (Wildman–Crippen LogP) is 3.10. The highest BCUT2D eigenvalue weighted by Crippen LogP contribution is 2.40. The van der Waals surface area contributed by atoms with Crippen LogP contribution in [-0.2, 0) is 17.6 Å². The fourth-order valence-corrected chi connectivity index (χ4v) is 3.66. The molecule has 0 saturated heterocycles. The van der Waals surface area contributed by atoms with Crippen molar-refractivity contribution >= 4 is 5.97 Å². The zero-order valence-electron chi connectivity index (χ0n) is 11.0. The number of hydrogen-bond acceptors (Lipinski definition) is 2. The zero-order chi connectivity index (χ0) is 12.5. The normalized spacial score (nSPS) is 26.3. The Hall–Kier alpha value is -1.25. The number of carbonyl (C=O) groups excluding carboxylic acids is 1. The van der Waals surface area contributed by atoms with Gasteiger partial charge in [-0.25, -0.2) is 4.79 Å².